The first-order chi connectivity index (χ1) is 10.1. The van der Waals surface area contributed by atoms with Gasteiger partial charge in [0, 0.05) is 10.5 Å². The van der Waals surface area contributed by atoms with E-state index in [1.165, 1.54) is 30.0 Å². The highest BCUT2D eigenvalue weighted by molar-refractivity contribution is 8.00. The van der Waals surface area contributed by atoms with E-state index >= 15 is 0 Å². The van der Waals surface area contributed by atoms with Crippen molar-refractivity contribution in [1.82, 2.24) is 0 Å². The molecule has 0 saturated heterocycles. The highest BCUT2D eigenvalue weighted by atomic mass is 32.2. The monoisotopic (exact) mass is 320 g/mol. The third kappa shape index (κ3) is 4.54. The maximum Gasteiger partial charge on any atom is 0.234 e. The molecular formula is C15H13FN2OS2. The Balaban J connectivity index is 2.01. The number of carbonyl (C=O) groups excluding carboxylic acids is 1. The fraction of sp³-hybridized carbons (Fsp3) is 0.0667. The molecule has 0 spiro atoms. The van der Waals surface area contributed by atoms with Crippen molar-refractivity contribution < 1.29 is 9.18 Å². The van der Waals surface area contributed by atoms with Crippen LogP contribution >= 0.6 is 24.0 Å². The Bertz CT molecular complexity index is 662. The molecule has 0 aliphatic rings. The molecule has 0 radical (unpaired) electrons. The van der Waals surface area contributed by atoms with Crippen LogP contribution < -0.4 is 11.1 Å². The van der Waals surface area contributed by atoms with E-state index in [-0.39, 0.29) is 16.6 Å². The molecule has 1 amide bonds. The van der Waals surface area contributed by atoms with E-state index in [9.17, 15) is 9.18 Å². The van der Waals surface area contributed by atoms with Gasteiger partial charge in [-0.3, -0.25) is 4.79 Å². The van der Waals surface area contributed by atoms with E-state index in [2.05, 4.69) is 5.32 Å². The molecule has 0 fully saturated rings. The fourth-order valence-electron chi connectivity index (χ4n) is 1.68. The normalized spacial score (nSPS) is 10.1. The van der Waals surface area contributed by atoms with E-state index in [4.69, 9.17) is 18.0 Å². The number of benzene rings is 2. The topological polar surface area (TPSA) is 55.1 Å². The molecule has 3 nitrogen and oxygen atoms in total. The fourth-order valence-corrected chi connectivity index (χ4v) is 2.57. The van der Waals surface area contributed by atoms with Crippen molar-refractivity contribution in [2.45, 2.75) is 4.90 Å². The van der Waals surface area contributed by atoms with Gasteiger partial charge in [0.2, 0.25) is 5.91 Å². The molecule has 6 heteroatoms. The quantitative estimate of drug-likeness (QED) is 0.656. The van der Waals surface area contributed by atoms with Gasteiger partial charge in [-0.15, -0.1) is 11.8 Å². The van der Waals surface area contributed by atoms with Gasteiger partial charge < -0.3 is 11.1 Å². The summed E-state index contributed by atoms with van der Waals surface area (Å²) in [5, 5.41) is 2.70. The third-order valence-corrected chi connectivity index (χ3v) is 3.87. The maximum atomic E-state index is 13.2. The van der Waals surface area contributed by atoms with Crippen molar-refractivity contribution in [2.75, 3.05) is 11.1 Å². The van der Waals surface area contributed by atoms with Crippen LogP contribution in [0.2, 0.25) is 0 Å². The molecule has 2 aromatic carbocycles. The van der Waals surface area contributed by atoms with Gasteiger partial charge in [-0.25, -0.2) is 4.39 Å². The minimum atomic E-state index is -0.450. The van der Waals surface area contributed by atoms with Crippen LogP contribution in [0.3, 0.4) is 0 Å². The van der Waals surface area contributed by atoms with Crippen LogP contribution in [0.1, 0.15) is 5.56 Å². The Hall–Kier alpha value is -1.92. The molecule has 0 heterocycles. The molecule has 0 bridgehead atoms. The highest BCUT2D eigenvalue weighted by Gasteiger charge is 2.10. The number of hydrogen-bond donors (Lipinski definition) is 2. The molecule has 2 rings (SSSR count). The van der Waals surface area contributed by atoms with Gasteiger partial charge in [-0.1, -0.05) is 30.4 Å². The molecular weight excluding hydrogens is 307 g/mol. The van der Waals surface area contributed by atoms with E-state index in [0.29, 0.717) is 11.3 Å². The van der Waals surface area contributed by atoms with Crippen molar-refractivity contribution in [2.24, 2.45) is 5.73 Å². The van der Waals surface area contributed by atoms with Crippen molar-refractivity contribution in [3.8, 4) is 0 Å². The Labute approximate surface area is 131 Å². The lowest BCUT2D eigenvalue weighted by molar-refractivity contribution is -0.113. The molecule has 0 unspecified atom stereocenters. The number of amides is 1. The third-order valence-electron chi connectivity index (χ3n) is 2.63. The van der Waals surface area contributed by atoms with Crippen LogP contribution in [0.4, 0.5) is 10.1 Å². The molecule has 2 aromatic rings. The van der Waals surface area contributed by atoms with Crippen LogP contribution in [0.25, 0.3) is 0 Å². The summed E-state index contributed by atoms with van der Waals surface area (Å²) in [6.07, 6.45) is 0. The summed E-state index contributed by atoms with van der Waals surface area (Å²) in [7, 11) is 0. The molecule has 0 aliphatic carbocycles. The number of carbonyl (C=O) groups is 1. The highest BCUT2D eigenvalue weighted by Crippen LogP contribution is 2.20. The second-order valence-electron chi connectivity index (χ2n) is 4.20. The van der Waals surface area contributed by atoms with E-state index in [1.54, 1.807) is 0 Å². The molecule has 0 aliphatic heterocycles. The predicted octanol–water partition coefficient (Wildman–Crippen LogP) is 3.19. The first-order valence-electron chi connectivity index (χ1n) is 6.13. The van der Waals surface area contributed by atoms with Crippen LogP contribution in [-0.4, -0.2) is 16.6 Å². The second kappa shape index (κ2) is 7.19. The number of anilines is 1. The maximum absolute atomic E-state index is 13.2. The zero-order chi connectivity index (χ0) is 15.2. The van der Waals surface area contributed by atoms with Gasteiger partial charge in [0.25, 0.3) is 0 Å². The molecule has 108 valence electrons. The van der Waals surface area contributed by atoms with Crippen LogP contribution in [0, 0.1) is 5.82 Å². The van der Waals surface area contributed by atoms with E-state index in [0.717, 1.165) is 4.90 Å². The Morgan fingerprint density at radius 2 is 1.95 bits per heavy atom. The summed E-state index contributed by atoms with van der Waals surface area (Å²) in [5.41, 5.74) is 6.27. The zero-order valence-electron chi connectivity index (χ0n) is 11.0. The summed E-state index contributed by atoms with van der Waals surface area (Å²) in [6.45, 7) is 0. The lowest BCUT2D eigenvalue weighted by Crippen LogP contribution is -2.19. The minimum absolute atomic E-state index is 0.0421. The molecule has 3 N–H and O–H groups in total. The van der Waals surface area contributed by atoms with E-state index < -0.39 is 5.82 Å². The van der Waals surface area contributed by atoms with Crippen LogP contribution in [0.5, 0.6) is 0 Å². The smallest absolute Gasteiger partial charge is 0.234 e. The van der Waals surface area contributed by atoms with Gasteiger partial charge in [-0.2, -0.15) is 0 Å². The number of nitrogens with two attached hydrogens (primary N) is 1. The van der Waals surface area contributed by atoms with Crippen molar-refractivity contribution >= 4 is 40.6 Å². The SMILES string of the molecule is NC(=S)c1cc(F)ccc1NC(=O)CSc1ccccc1. The van der Waals surface area contributed by atoms with Crippen molar-refractivity contribution in [3.63, 3.8) is 0 Å². The van der Waals surface area contributed by atoms with Gasteiger partial charge in [-0.05, 0) is 30.3 Å². The molecule has 21 heavy (non-hydrogen) atoms. The van der Waals surface area contributed by atoms with Crippen LogP contribution in [0.15, 0.2) is 53.4 Å². The predicted molar refractivity (Wildman–Crippen MR) is 88.1 cm³/mol. The number of rotatable bonds is 5. The summed E-state index contributed by atoms with van der Waals surface area (Å²) < 4.78 is 13.2. The Kier molecular flexibility index (Phi) is 5.30. The van der Waals surface area contributed by atoms with Crippen molar-refractivity contribution in [3.05, 3.63) is 59.9 Å². The Morgan fingerprint density at radius 3 is 2.62 bits per heavy atom. The lowest BCUT2D eigenvalue weighted by atomic mass is 10.1. The molecule has 0 aromatic heterocycles. The van der Waals surface area contributed by atoms with Gasteiger partial charge in [0.15, 0.2) is 0 Å². The number of thioether (sulfide) groups is 1. The zero-order valence-corrected chi connectivity index (χ0v) is 12.6. The summed E-state index contributed by atoms with van der Waals surface area (Å²) in [5.74, 6) is -0.402. The summed E-state index contributed by atoms with van der Waals surface area (Å²) >= 11 is 6.27. The number of thiocarbonyl (C=S) groups is 1. The van der Waals surface area contributed by atoms with Gasteiger partial charge >= 0.3 is 0 Å². The lowest BCUT2D eigenvalue weighted by Gasteiger charge is -2.10. The standard InChI is InChI=1S/C15H13FN2OS2/c16-10-6-7-13(12(8-10)15(17)20)18-14(19)9-21-11-4-2-1-3-5-11/h1-8H,9H2,(H2,17,20)(H,18,19). The summed E-state index contributed by atoms with van der Waals surface area (Å²) in [4.78, 5) is 13.0. The van der Waals surface area contributed by atoms with Crippen LogP contribution in [-0.2, 0) is 4.79 Å². The molecule has 0 saturated carbocycles. The minimum Gasteiger partial charge on any atom is -0.389 e. The van der Waals surface area contributed by atoms with Crippen molar-refractivity contribution in [1.29, 1.82) is 0 Å². The van der Waals surface area contributed by atoms with Gasteiger partial charge in [0.05, 0.1) is 11.4 Å². The number of hydrogen-bond acceptors (Lipinski definition) is 3. The Morgan fingerprint density at radius 1 is 1.24 bits per heavy atom. The summed E-state index contributed by atoms with van der Waals surface area (Å²) in [6, 6.07) is 13.5. The number of halogens is 1. The average molecular weight is 320 g/mol. The molecule has 0 atom stereocenters. The second-order valence-corrected chi connectivity index (χ2v) is 5.69. The largest absolute Gasteiger partial charge is 0.389 e. The first kappa shape index (κ1) is 15.5. The first-order valence-corrected chi connectivity index (χ1v) is 7.52. The van der Waals surface area contributed by atoms with Gasteiger partial charge in [0.1, 0.15) is 10.8 Å². The average Bonchev–Trinajstić information content (AvgIpc) is 2.48. The van der Waals surface area contributed by atoms with E-state index in [1.807, 2.05) is 30.3 Å². The number of nitrogens with one attached hydrogen (secondary N) is 1.